The van der Waals surface area contributed by atoms with E-state index in [9.17, 15) is 0 Å². The van der Waals surface area contributed by atoms with Gasteiger partial charge in [0.2, 0.25) is 0 Å². The minimum absolute atomic E-state index is 0.827. The first-order valence-electron chi connectivity index (χ1n) is 4.66. The zero-order chi connectivity index (χ0) is 9.97. The van der Waals surface area contributed by atoms with Crippen LogP contribution in [0.2, 0.25) is 0 Å². The smallest absolute Gasteiger partial charge is 0.137 e. The molecule has 0 aliphatic carbocycles. The summed E-state index contributed by atoms with van der Waals surface area (Å²) in [5, 5.41) is 6.71. The third-order valence-corrected chi connectivity index (χ3v) is 2.54. The molecular weight excluding hydrogens is 174 g/mol. The quantitative estimate of drug-likeness (QED) is 0.781. The SMILES string of the molecule is Cc1cccc(Cc2ncn[nH]2)c1C. The van der Waals surface area contributed by atoms with Gasteiger partial charge in [0.15, 0.2) is 0 Å². The van der Waals surface area contributed by atoms with Crippen molar-refractivity contribution in [3.63, 3.8) is 0 Å². The fourth-order valence-corrected chi connectivity index (χ4v) is 1.50. The normalized spacial score (nSPS) is 10.4. The van der Waals surface area contributed by atoms with Crippen LogP contribution in [-0.4, -0.2) is 15.2 Å². The van der Waals surface area contributed by atoms with E-state index in [1.165, 1.54) is 16.7 Å². The Morgan fingerprint density at radius 2 is 2.14 bits per heavy atom. The van der Waals surface area contributed by atoms with Crippen LogP contribution in [0.25, 0.3) is 0 Å². The molecule has 1 N–H and O–H groups in total. The van der Waals surface area contributed by atoms with Crippen LogP contribution in [-0.2, 0) is 6.42 Å². The van der Waals surface area contributed by atoms with Crippen LogP contribution in [0.4, 0.5) is 0 Å². The number of aromatic nitrogens is 3. The molecule has 2 rings (SSSR count). The Labute approximate surface area is 83.2 Å². The summed E-state index contributed by atoms with van der Waals surface area (Å²) >= 11 is 0. The fourth-order valence-electron chi connectivity index (χ4n) is 1.50. The zero-order valence-corrected chi connectivity index (χ0v) is 8.41. The Bertz CT molecular complexity index is 418. The molecule has 72 valence electrons. The minimum atomic E-state index is 0.827. The third kappa shape index (κ3) is 1.66. The molecule has 0 bridgehead atoms. The Morgan fingerprint density at radius 3 is 2.86 bits per heavy atom. The molecule has 0 atom stereocenters. The van der Waals surface area contributed by atoms with Crippen molar-refractivity contribution in [2.24, 2.45) is 0 Å². The van der Waals surface area contributed by atoms with Crippen LogP contribution in [0, 0.1) is 13.8 Å². The first-order chi connectivity index (χ1) is 6.77. The van der Waals surface area contributed by atoms with E-state index in [4.69, 9.17) is 0 Å². The molecular formula is C11H13N3. The lowest BCUT2D eigenvalue weighted by molar-refractivity contribution is 0.963. The predicted octanol–water partition coefficient (Wildman–Crippen LogP) is 2.01. The lowest BCUT2D eigenvalue weighted by Gasteiger charge is -2.06. The van der Waals surface area contributed by atoms with Crippen molar-refractivity contribution in [1.82, 2.24) is 15.2 Å². The maximum absolute atomic E-state index is 4.12. The molecule has 3 heteroatoms. The van der Waals surface area contributed by atoms with Crippen LogP contribution >= 0.6 is 0 Å². The first kappa shape index (κ1) is 8.94. The third-order valence-electron chi connectivity index (χ3n) is 2.54. The average molecular weight is 187 g/mol. The highest BCUT2D eigenvalue weighted by Gasteiger charge is 2.03. The van der Waals surface area contributed by atoms with Crippen molar-refractivity contribution < 1.29 is 0 Å². The van der Waals surface area contributed by atoms with E-state index in [2.05, 4.69) is 47.2 Å². The van der Waals surface area contributed by atoms with Crippen LogP contribution in [0.1, 0.15) is 22.5 Å². The molecule has 0 saturated carbocycles. The molecule has 1 aromatic heterocycles. The summed E-state index contributed by atoms with van der Waals surface area (Å²) in [6, 6.07) is 6.33. The number of nitrogens with one attached hydrogen (secondary N) is 1. The van der Waals surface area contributed by atoms with E-state index >= 15 is 0 Å². The molecule has 0 saturated heterocycles. The summed E-state index contributed by atoms with van der Waals surface area (Å²) in [7, 11) is 0. The van der Waals surface area contributed by atoms with Gasteiger partial charge in [-0.2, -0.15) is 5.10 Å². The predicted molar refractivity (Wildman–Crippen MR) is 55.1 cm³/mol. The Hall–Kier alpha value is -1.64. The molecule has 1 heterocycles. The van der Waals surface area contributed by atoms with Gasteiger partial charge in [-0.05, 0) is 30.5 Å². The number of aromatic amines is 1. The van der Waals surface area contributed by atoms with E-state index in [0.29, 0.717) is 0 Å². The maximum atomic E-state index is 4.12. The molecule has 2 aromatic rings. The Morgan fingerprint density at radius 1 is 1.29 bits per heavy atom. The summed E-state index contributed by atoms with van der Waals surface area (Å²) in [6.07, 6.45) is 2.37. The van der Waals surface area contributed by atoms with Gasteiger partial charge in [0, 0.05) is 6.42 Å². The van der Waals surface area contributed by atoms with Crippen LogP contribution in [0.3, 0.4) is 0 Å². The van der Waals surface area contributed by atoms with Crippen LogP contribution in [0.5, 0.6) is 0 Å². The van der Waals surface area contributed by atoms with Crippen molar-refractivity contribution in [2.45, 2.75) is 20.3 Å². The summed E-state index contributed by atoms with van der Waals surface area (Å²) in [6.45, 7) is 4.26. The number of H-pyrrole nitrogens is 1. The van der Waals surface area contributed by atoms with Crippen LogP contribution in [0.15, 0.2) is 24.5 Å². The van der Waals surface area contributed by atoms with Crippen LogP contribution < -0.4 is 0 Å². The van der Waals surface area contributed by atoms with Gasteiger partial charge >= 0.3 is 0 Å². The van der Waals surface area contributed by atoms with Gasteiger partial charge in [0.1, 0.15) is 12.2 Å². The average Bonchev–Trinajstić information content (AvgIpc) is 2.66. The second-order valence-corrected chi connectivity index (χ2v) is 3.47. The molecule has 0 radical (unpaired) electrons. The summed E-state index contributed by atoms with van der Waals surface area (Å²) < 4.78 is 0. The zero-order valence-electron chi connectivity index (χ0n) is 8.41. The summed E-state index contributed by atoms with van der Waals surface area (Å²) in [5.74, 6) is 0.915. The van der Waals surface area contributed by atoms with Gasteiger partial charge in [0.05, 0.1) is 0 Å². The maximum Gasteiger partial charge on any atom is 0.137 e. The number of nitrogens with zero attached hydrogens (tertiary/aromatic N) is 2. The van der Waals surface area contributed by atoms with Crippen molar-refractivity contribution in [1.29, 1.82) is 0 Å². The van der Waals surface area contributed by atoms with Gasteiger partial charge < -0.3 is 0 Å². The van der Waals surface area contributed by atoms with E-state index < -0.39 is 0 Å². The monoisotopic (exact) mass is 187 g/mol. The number of hydrogen-bond donors (Lipinski definition) is 1. The highest BCUT2D eigenvalue weighted by molar-refractivity contribution is 5.34. The molecule has 0 aliphatic rings. The molecule has 14 heavy (non-hydrogen) atoms. The largest absolute Gasteiger partial charge is 0.263 e. The Balaban J connectivity index is 2.29. The number of rotatable bonds is 2. The van der Waals surface area contributed by atoms with Gasteiger partial charge in [0.25, 0.3) is 0 Å². The second-order valence-electron chi connectivity index (χ2n) is 3.47. The van der Waals surface area contributed by atoms with Crippen molar-refractivity contribution >= 4 is 0 Å². The lowest BCUT2D eigenvalue weighted by Crippen LogP contribution is -1.95. The van der Waals surface area contributed by atoms with E-state index in [0.717, 1.165) is 12.2 Å². The van der Waals surface area contributed by atoms with Gasteiger partial charge in [-0.3, -0.25) is 5.10 Å². The highest BCUT2D eigenvalue weighted by atomic mass is 15.2. The standard InChI is InChI=1S/C11H13N3/c1-8-4-3-5-10(9(8)2)6-11-12-7-13-14-11/h3-5,7H,6H2,1-2H3,(H,12,13,14). The van der Waals surface area contributed by atoms with E-state index in [1.807, 2.05) is 0 Å². The fraction of sp³-hybridized carbons (Fsp3) is 0.273. The molecule has 3 nitrogen and oxygen atoms in total. The Kier molecular flexibility index (Phi) is 2.31. The molecule has 0 unspecified atom stereocenters. The van der Waals surface area contributed by atoms with E-state index in [1.54, 1.807) is 6.33 Å². The number of hydrogen-bond acceptors (Lipinski definition) is 2. The minimum Gasteiger partial charge on any atom is -0.263 e. The summed E-state index contributed by atoms with van der Waals surface area (Å²) in [4.78, 5) is 4.12. The van der Waals surface area contributed by atoms with Gasteiger partial charge in [-0.15, -0.1) is 0 Å². The summed E-state index contributed by atoms with van der Waals surface area (Å²) in [5.41, 5.74) is 3.97. The van der Waals surface area contributed by atoms with Crippen molar-refractivity contribution in [3.8, 4) is 0 Å². The van der Waals surface area contributed by atoms with Gasteiger partial charge in [-0.25, -0.2) is 4.98 Å². The number of benzene rings is 1. The number of aryl methyl sites for hydroxylation is 1. The lowest BCUT2D eigenvalue weighted by atomic mass is 10.0. The molecule has 0 aliphatic heterocycles. The molecule has 0 amide bonds. The van der Waals surface area contributed by atoms with Crippen molar-refractivity contribution in [3.05, 3.63) is 47.0 Å². The topological polar surface area (TPSA) is 41.6 Å². The second kappa shape index (κ2) is 3.62. The molecule has 0 spiro atoms. The van der Waals surface area contributed by atoms with Gasteiger partial charge in [-0.1, -0.05) is 18.2 Å². The first-order valence-corrected chi connectivity index (χ1v) is 4.66. The van der Waals surface area contributed by atoms with Crippen molar-refractivity contribution in [2.75, 3.05) is 0 Å². The highest BCUT2D eigenvalue weighted by Crippen LogP contribution is 2.14. The van der Waals surface area contributed by atoms with E-state index in [-0.39, 0.29) is 0 Å². The molecule has 0 fully saturated rings. The molecule has 1 aromatic carbocycles.